The van der Waals surface area contributed by atoms with Crippen molar-refractivity contribution in [1.82, 2.24) is 19.6 Å². The quantitative estimate of drug-likeness (QED) is 0.818. The second kappa shape index (κ2) is 5.34. The number of aliphatic hydroxyl groups is 2. The largest absolute Gasteiger partial charge is 0.394 e. The Morgan fingerprint density at radius 2 is 2.30 bits per heavy atom. The van der Waals surface area contributed by atoms with Crippen LogP contribution >= 0.6 is 0 Å². The van der Waals surface area contributed by atoms with Gasteiger partial charge in [0, 0.05) is 18.3 Å². The van der Waals surface area contributed by atoms with Gasteiger partial charge < -0.3 is 15.1 Å². The Labute approximate surface area is 116 Å². The fourth-order valence-electron chi connectivity index (χ4n) is 2.78. The minimum atomic E-state index is -0.423. The molecule has 2 aromatic heterocycles. The molecule has 1 aliphatic rings. The minimum absolute atomic E-state index is 0.0126. The zero-order valence-corrected chi connectivity index (χ0v) is 11.5. The van der Waals surface area contributed by atoms with Crippen molar-refractivity contribution in [3.8, 4) is 0 Å². The predicted molar refractivity (Wildman–Crippen MR) is 73.6 cm³/mol. The van der Waals surface area contributed by atoms with E-state index in [4.69, 9.17) is 0 Å². The first-order chi connectivity index (χ1) is 9.72. The zero-order chi connectivity index (χ0) is 14.1. The number of nitrogens with zero attached hydrogens (tertiary/aromatic N) is 5. The maximum absolute atomic E-state index is 9.84. The van der Waals surface area contributed by atoms with E-state index < -0.39 is 6.10 Å². The van der Waals surface area contributed by atoms with Gasteiger partial charge in [0.05, 0.1) is 18.8 Å². The van der Waals surface area contributed by atoms with E-state index in [2.05, 4.69) is 22.0 Å². The van der Waals surface area contributed by atoms with Crippen LogP contribution in [0.5, 0.6) is 0 Å². The van der Waals surface area contributed by atoms with Gasteiger partial charge in [-0.05, 0) is 12.8 Å². The summed E-state index contributed by atoms with van der Waals surface area (Å²) in [5.41, 5.74) is 0.959. The lowest BCUT2D eigenvalue weighted by Crippen LogP contribution is -2.34. The van der Waals surface area contributed by atoms with Crippen molar-refractivity contribution in [1.29, 1.82) is 0 Å². The second-order valence-corrected chi connectivity index (χ2v) is 5.21. The zero-order valence-electron chi connectivity index (χ0n) is 11.5. The molecule has 2 atom stereocenters. The van der Waals surface area contributed by atoms with Gasteiger partial charge in [0.2, 0.25) is 0 Å². The third kappa shape index (κ3) is 2.23. The van der Waals surface area contributed by atoms with Crippen molar-refractivity contribution in [2.45, 2.75) is 38.3 Å². The molecular weight excluding hydrogens is 258 g/mol. The molecule has 0 unspecified atom stereocenters. The number of aromatic nitrogens is 4. The van der Waals surface area contributed by atoms with Crippen LogP contribution in [0.3, 0.4) is 0 Å². The van der Waals surface area contributed by atoms with E-state index in [-0.39, 0.29) is 12.6 Å². The van der Waals surface area contributed by atoms with Gasteiger partial charge in [0.25, 0.3) is 5.78 Å². The fraction of sp³-hybridized carbons (Fsp3) is 0.615. The van der Waals surface area contributed by atoms with Gasteiger partial charge in [-0.3, -0.25) is 0 Å². The molecule has 20 heavy (non-hydrogen) atoms. The van der Waals surface area contributed by atoms with Crippen molar-refractivity contribution in [3.63, 3.8) is 0 Å². The van der Waals surface area contributed by atoms with Crippen molar-refractivity contribution in [3.05, 3.63) is 18.1 Å². The van der Waals surface area contributed by atoms with E-state index in [1.54, 1.807) is 4.52 Å². The molecule has 1 saturated heterocycles. The van der Waals surface area contributed by atoms with E-state index >= 15 is 0 Å². The fourth-order valence-corrected chi connectivity index (χ4v) is 2.78. The molecule has 0 amide bonds. The van der Waals surface area contributed by atoms with Gasteiger partial charge in [-0.15, -0.1) is 0 Å². The minimum Gasteiger partial charge on any atom is -0.394 e. The van der Waals surface area contributed by atoms with Crippen LogP contribution in [0, 0.1) is 0 Å². The van der Waals surface area contributed by atoms with Gasteiger partial charge in [0.15, 0.2) is 0 Å². The smallest absolute Gasteiger partial charge is 0.254 e. The number of anilines is 1. The van der Waals surface area contributed by atoms with Crippen molar-refractivity contribution in [2.24, 2.45) is 0 Å². The van der Waals surface area contributed by atoms with Crippen molar-refractivity contribution in [2.75, 3.05) is 18.1 Å². The SMILES string of the molecule is CCCc1cc(N2C[C@H](O)C[C@H]2CO)n2ncnc2n1. The molecule has 0 spiro atoms. The molecule has 1 fully saturated rings. The van der Waals surface area contributed by atoms with E-state index in [0.717, 1.165) is 24.4 Å². The molecule has 0 radical (unpaired) electrons. The molecule has 2 aromatic rings. The molecule has 0 saturated carbocycles. The van der Waals surface area contributed by atoms with Crippen LogP contribution in [-0.4, -0.2) is 55.1 Å². The van der Waals surface area contributed by atoms with Crippen LogP contribution in [0.1, 0.15) is 25.5 Å². The molecular formula is C13H19N5O2. The molecule has 1 aliphatic heterocycles. The summed E-state index contributed by atoms with van der Waals surface area (Å²) < 4.78 is 1.67. The van der Waals surface area contributed by atoms with E-state index in [9.17, 15) is 10.2 Å². The van der Waals surface area contributed by atoms with Crippen LogP contribution in [0.4, 0.5) is 5.82 Å². The molecule has 0 aliphatic carbocycles. The summed E-state index contributed by atoms with van der Waals surface area (Å²) in [4.78, 5) is 10.6. The monoisotopic (exact) mass is 277 g/mol. The van der Waals surface area contributed by atoms with Crippen molar-refractivity contribution >= 4 is 11.6 Å². The average Bonchev–Trinajstić information content (AvgIpc) is 3.04. The van der Waals surface area contributed by atoms with Crippen LogP contribution in [0.25, 0.3) is 5.78 Å². The van der Waals surface area contributed by atoms with Gasteiger partial charge in [-0.25, -0.2) is 4.98 Å². The topological polar surface area (TPSA) is 86.8 Å². The molecule has 7 nitrogen and oxygen atoms in total. The van der Waals surface area contributed by atoms with Gasteiger partial charge in [-0.2, -0.15) is 14.6 Å². The first-order valence-electron chi connectivity index (χ1n) is 6.98. The second-order valence-electron chi connectivity index (χ2n) is 5.21. The Morgan fingerprint density at radius 1 is 1.45 bits per heavy atom. The lowest BCUT2D eigenvalue weighted by atomic mass is 10.2. The number of aryl methyl sites for hydroxylation is 1. The van der Waals surface area contributed by atoms with Crippen LogP contribution in [0.2, 0.25) is 0 Å². The lowest BCUT2D eigenvalue weighted by molar-refractivity contribution is 0.184. The van der Waals surface area contributed by atoms with Crippen LogP contribution in [-0.2, 0) is 6.42 Å². The van der Waals surface area contributed by atoms with E-state index in [1.807, 2.05) is 11.0 Å². The third-order valence-corrected chi connectivity index (χ3v) is 3.69. The first-order valence-corrected chi connectivity index (χ1v) is 6.98. The molecule has 0 aromatic carbocycles. The standard InChI is InChI=1S/C13H19N5O2/c1-2-3-9-4-12(18-13(16-9)14-8-15-18)17-6-11(20)5-10(17)7-19/h4,8,10-11,19-20H,2-3,5-7H2,1H3/t10-,11+/m0/s1. The Kier molecular flexibility index (Phi) is 3.54. The van der Waals surface area contributed by atoms with Gasteiger partial charge >= 0.3 is 0 Å². The summed E-state index contributed by atoms with van der Waals surface area (Å²) >= 11 is 0. The summed E-state index contributed by atoms with van der Waals surface area (Å²) in [7, 11) is 0. The number of aliphatic hydroxyl groups excluding tert-OH is 2. The number of fused-ring (bicyclic) bond motifs is 1. The maximum Gasteiger partial charge on any atom is 0.254 e. The van der Waals surface area contributed by atoms with Crippen LogP contribution in [0.15, 0.2) is 12.4 Å². The van der Waals surface area contributed by atoms with Crippen molar-refractivity contribution < 1.29 is 10.2 Å². The highest BCUT2D eigenvalue weighted by Crippen LogP contribution is 2.26. The molecule has 2 N–H and O–H groups in total. The highest BCUT2D eigenvalue weighted by Gasteiger charge is 2.32. The summed E-state index contributed by atoms with van der Waals surface area (Å²) in [6.45, 7) is 2.61. The number of β-amino-alcohol motifs (C(OH)–C–C–N with tert-alkyl or cyclic N) is 1. The average molecular weight is 277 g/mol. The number of hydrogen-bond acceptors (Lipinski definition) is 6. The van der Waals surface area contributed by atoms with Gasteiger partial charge in [-0.1, -0.05) is 13.3 Å². The molecule has 3 heterocycles. The maximum atomic E-state index is 9.84. The summed E-state index contributed by atoms with van der Waals surface area (Å²) in [5.74, 6) is 1.40. The van der Waals surface area contributed by atoms with E-state index in [0.29, 0.717) is 18.7 Å². The number of rotatable bonds is 4. The lowest BCUT2D eigenvalue weighted by Gasteiger charge is -2.25. The highest BCUT2D eigenvalue weighted by molar-refractivity contribution is 5.49. The molecule has 7 heteroatoms. The Balaban J connectivity index is 2.06. The normalized spacial score (nSPS) is 22.9. The van der Waals surface area contributed by atoms with Gasteiger partial charge in [0.1, 0.15) is 12.1 Å². The van der Waals surface area contributed by atoms with Crippen LogP contribution < -0.4 is 4.90 Å². The molecule has 3 rings (SSSR count). The predicted octanol–water partition coefficient (Wildman–Crippen LogP) is 0.00870. The number of hydrogen-bond donors (Lipinski definition) is 2. The Morgan fingerprint density at radius 3 is 3.05 bits per heavy atom. The first kappa shape index (κ1) is 13.3. The summed E-state index contributed by atoms with van der Waals surface area (Å²) in [6.07, 6.45) is 3.49. The molecule has 0 bridgehead atoms. The van der Waals surface area contributed by atoms with E-state index in [1.165, 1.54) is 6.33 Å². The molecule has 108 valence electrons. The Hall–Kier alpha value is -1.73. The highest BCUT2D eigenvalue weighted by atomic mass is 16.3. The summed E-state index contributed by atoms with van der Waals surface area (Å²) in [5, 5.41) is 23.5. The third-order valence-electron chi connectivity index (χ3n) is 3.69. The summed E-state index contributed by atoms with van der Waals surface area (Å²) in [6, 6.07) is 1.89. The Bertz CT molecular complexity index is 599.